The van der Waals surface area contributed by atoms with Gasteiger partial charge in [-0.3, -0.25) is 9.59 Å². The van der Waals surface area contributed by atoms with Crippen molar-refractivity contribution >= 4 is 18.0 Å². The van der Waals surface area contributed by atoms with Crippen LogP contribution < -0.4 is 5.32 Å². The predicted octanol–water partition coefficient (Wildman–Crippen LogP) is 1.08. The Kier molecular flexibility index (Phi) is 5.57. The minimum absolute atomic E-state index is 0.107. The maximum absolute atomic E-state index is 12.0. The number of nitrogens with one attached hydrogen (secondary N) is 1. The summed E-state index contributed by atoms with van der Waals surface area (Å²) in [5, 5.41) is 12.0. The van der Waals surface area contributed by atoms with E-state index in [9.17, 15) is 19.5 Å². The van der Waals surface area contributed by atoms with Gasteiger partial charge in [0.1, 0.15) is 0 Å². The summed E-state index contributed by atoms with van der Waals surface area (Å²) in [7, 11) is 0. The topological polar surface area (TPSA) is 95.9 Å². The number of carbonyl (C=O) groups excluding carboxylic acids is 2. The molecule has 7 nitrogen and oxygen atoms in total. The largest absolute Gasteiger partial charge is 0.481 e. The Bertz CT molecular complexity index is 416. The molecule has 2 N–H and O–H groups in total. The standard InChI is InChI=1S/C14H24N2O5/c1-5-21-13(20)16-7-9(11(17)18)6-10(8-16)15-12(19)14(2,3)4/h9-10H,5-8H2,1-4H3,(H,15,19)(H,17,18). The molecule has 0 aromatic heterocycles. The van der Waals surface area contributed by atoms with Crippen LogP contribution in [-0.2, 0) is 14.3 Å². The molecular weight excluding hydrogens is 276 g/mol. The molecule has 7 heteroatoms. The molecule has 0 radical (unpaired) electrons. The van der Waals surface area contributed by atoms with Crippen molar-refractivity contribution in [2.24, 2.45) is 11.3 Å². The Labute approximate surface area is 124 Å². The first-order chi connectivity index (χ1) is 9.65. The molecule has 2 atom stereocenters. The highest BCUT2D eigenvalue weighted by Crippen LogP contribution is 2.20. The number of rotatable bonds is 3. The Balaban J connectivity index is 2.77. The van der Waals surface area contributed by atoms with E-state index in [4.69, 9.17) is 4.74 Å². The zero-order valence-corrected chi connectivity index (χ0v) is 13.0. The molecule has 2 unspecified atom stereocenters. The highest BCUT2D eigenvalue weighted by molar-refractivity contribution is 5.82. The summed E-state index contributed by atoms with van der Waals surface area (Å²) >= 11 is 0. The second-order valence-electron chi connectivity index (χ2n) is 6.30. The van der Waals surface area contributed by atoms with Gasteiger partial charge in [-0.25, -0.2) is 4.79 Å². The fraction of sp³-hybridized carbons (Fsp3) is 0.786. The molecule has 1 heterocycles. The highest BCUT2D eigenvalue weighted by Gasteiger charge is 2.36. The molecule has 2 amide bonds. The van der Waals surface area contributed by atoms with E-state index in [1.165, 1.54) is 4.90 Å². The summed E-state index contributed by atoms with van der Waals surface area (Å²) in [5.74, 6) is -1.84. The lowest BCUT2D eigenvalue weighted by Crippen LogP contribution is -2.55. The van der Waals surface area contributed by atoms with Gasteiger partial charge in [0.05, 0.1) is 12.5 Å². The van der Waals surface area contributed by atoms with Crippen molar-refractivity contribution in [1.82, 2.24) is 10.2 Å². The molecule has 120 valence electrons. The van der Waals surface area contributed by atoms with Gasteiger partial charge in [-0.2, -0.15) is 0 Å². The van der Waals surface area contributed by atoms with Crippen LogP contribution in [0.1, 0.15) is 34.1 Å². The maximum Gasteiger partial charge on any atom is 0.409 e. The summed E-state index contributed by atoms with van der Waals surface area (Å²) in [6, 6.07) is -0.379. The normalized spacial score (nSPS) is 22.6. The second-order valence-corrected chi connectivity index (χ2v) is 6.30. The maximum atomic E-state index is 12.0. The molecule has 1 fully saturated rings. The predicted molar refractivity (Wildman–Crippen MR) is 75.7 cm³/mol. The van der Waals surface area contributed by atoms with Crippen molar-refractivity contribution in [3.63, 3.8) is 0 Å². The quantitative estimate of drug-likeness (QED) is 0.813. The molecule has 1 rings (SSSR count). The number of nitrogens with zero attached hydrogens (tertiary/aromatic N) is 1. The van der Waals surface area contributed by atoms with E-state index in [0.29, 0.717) is 6.42 Å². The number of amides is 2. The number of likely N-dealkylation sites (tertiary alicyclic amines) is 1. The first kappa shape index (κ1) is 17.3. The molecule has 0 aromatic rings. The van der Waals surface area contributed by atoms with Crippen LogP contribution in [0.4, 0.5) is 4.79 Å². The zero-order chi connectivity index (χ0) is 16.2. The Morgan fingerprint density at radius 2 is 1.90 bits per heavy atom. The lowest BCUT2D eigenvalue weighted by molar-refractivity contribution is -0.144. The molecule has 0 bridgehead atoms. The van der Waals surface area contributed by atoms with E-state index >= 15 is 0 Å². The summed E-state index contributed by atoms with van der Waals surface area (Å²) < 4.78 is 4.91. The van der Waals surface area contributed by atoms with Gasteiger partial charge in [0.2, 0.25) is 5.91 Å². The number of carboxylic acid groups (broad SMARTS) is 1. The zero-order valence-electron chi connectivity index (χ0n) is 13.0. The first-order valence-electron chi connectivity index (χ1n) is 7.10. The Hall–Kier alpha value is -1.79. The molecule has 0 saturated carbocycles. The van der Waals surface area contributed by atoms with Crippen LogP contribution in [0.3, 0.4) is 0 Å². The Morgan fingerprint density at radius 3 is 2.38 bits per heavy atom. The minimum atomic E-state index is -0.973. The van der Waals surface area contributed by atoms with Gasteiger partial charge in [-0.15, -0.1) is 0 Å². The van der Waals surface area contributed by atoms with Gasteiger partial charge >= 0.3 is 12.1 Å². The van der Waals surface area contributed by atoms with E-state index in [-0.39, 0.29) is 31.6 Å². The van der Waals surface area contributed by atoms with Crippen LogP contribution in [0.2, 0.25) is 0 Å². The van der Waals surface area contributed by atoms with Gasteiger partial charge in [-0.1, -0.05) is 20.8 Å². The van der Waals surface area contributed by atoms with Crippen molar-refractivity contribution in [3.8, 4) is 0 Å². The van der Waals surface area contributed by atoms with E-state index in [2.05, 4.69) is 5.32 Å². The number of carbonyl (C=O) groups is 3. The fourth-order valence-electron chi connectivity index (χ4n) is 2.15. The van der Waals surface area contributed by atoms with Crippen LogP contribution in [0.15, 0.2) is 0 Å². The van der Waals surface area contributed by atoms with Crippen molar-refractivity contribution < 1.29 is 24.2 Å². The second kappa shape index (κ2) is 6.78. The van der Waals surface area contributed by atoms with Crippen molar-refractivity contribution in [3.05, 3.63) is 0 Å². The van der Waals surface area contributed by atoms with E-state index < -0.39 is 23.4 Å². The van der Waals surface area contributed by atoms with Gasteiger partial charge in [0, 0.05) is 24.5 Å². The molecule has 0 aromatic carbocycles. The molecule has 1 aliphatic rings. The van der Waals surface area contributed by atoms with Gasteiger partial charge in [0.25, 0.3) is 0 Å². The lowest BCUT2D eigenvalue weighted by Gasteiger charge is -2.36. The molecule has 0 spiro atoms. The monoisotopic (exact) mass is 300 g/mol. The number of aliphatic carboxylic acids is 1. The van der Waals surface area contributed by atoms with Crippen molar-refractivity contribution in [2.45, 2.75) is 40.2 Å². The molecular formula is C14H24N2O5. The average molecular weight is 300 g/mol. The van der Waals surface area contributed by atoms with Crippen molar-refractivity contribution in [1.29, 1.82) is 0 Å². The minimum Gasteiger partial charge on any atom is -0.481 e. The SMILES string of the molecule is CCOC(=O)N1CC(NC(=O)C(C)(C)C)CC(C(=O)O)C1. The molecule has 1 saturated heterocycles. The number of hydrogen-bond donors (Lipinski definition) is 2. The number of piperidine rings is 1. The van der Waals surface area contributed by atoms with E-state index in [1.54, 1.807) is 27.7 Å². The van der Waals surface area contributed by atoms with E-state index in [0.717, 1.165) is 0 Å². The average Bonchev–Trinajstić information content (AvgIpc) is 2.37. The van der Waals surface area contributed by atoms with Crippen LogP contribution in [-0.4, -0.2) is 53.7 Å². The van der Waals surface area contributed by atoms with Crippen LogP contribution in [0.25, 0.3) is 0 Å². The third-order valence-corrected chi connectivity index (χ3v) is 3.34. The molecule has 1 aliphatic heterocycles. The fourth-order valence-corrected chi connectivity index (χ4v) is 2.15. The lowest BCUT2D eigenvalue weighted by atomic mass is 9.91. The number of ether oxygens (including phenoxy) is 1. The highest BCUT2D eigenvalue weighted by atomic mass is 16.6. The number of carboxylic acids is 1. The van der Waals surface area contributed by atoms with Crippen LogP contribution in [0.5, 0.6) is 0 Å². The summed E-state index contributed by atoms with van der Waals surface area (Å²) in [6.07, 6.45) is -0.231. The third-order valence-electron chi connectivity index (χ3n) is 3.34. The molecule has 0 aliphatic carbocycles. The Morgan fingerprint density at radius 1 is 1.29 bits per heavy atom. The van der Waals surface area contributed by atoms with Crippen LogP contribution in [0, 0.1) is 11.3 Å². The van der Waals surface area contributed by atoms with Gasteiger partial charge in [-0.05, 0) is 13.3 Å². The van der Waals surface area contributed by atoms with E-state index in [1.807, 2.05) is 0 Å². The summed E-state index contributed by atoms with van der Waals surface area (Å²) in [5.41, 5.74) is -0.565. The smallest absolute Gasteiger partial charge is 0.409 e. The van der Waals surface area contributed by atoms with Gasteiger partial charge in [0.15, 0.2) is 0 Å². The first-order valence-corrected chi connectivity index (χ1v) is 7.10. The van der Waals surface area contributed by atoms with Gasteiger partial charge < -0.3 is 20.1 Å². The number of hydrogen-bond acceptors (Lipinski definition) is 4. The summed E-state index contributed by atoms with van der Waals surface area (Å²) in [6.45, 7) is 7.64. The third kappa shape index (κ3) is 4.91. The summed E-state index contributed by atoms with van der Waals surface area (Å²) in [4.78, 5) is 36.4. The van der Waals surface area contributed by atoms with Crippen LogP contribution >= 0.6 is 0 Å². The molecule has 21 heavy (non-hydrogen) atoms. The van der Waals surface area contributed by atoms with Crippen molar-refractivity contribution in [2.75, 3.05) is 19.7 Å².